The molecule has 1 aliphatic heterocycles. The van der Waals surface area contributed by atoms with Crippen molar-refractivity contribution in [3.05, 3.63) is 34.5 Å². The molecule has 8 heteroatoms. The average molecular weight is 388 g/mol. The molecule has 1 atom stereocenters. The van der Waals surface area contributed by atoms with Gasteiger partial charge in [0.2, 0.25) is 11.8 Å². The number of carbonyl (C=O) groups excluding carboxylic acids is 2. The van der Waals surface area contributed by atoms with Crippen LogP contribution in [-0.2, 0) is 9.59 Å². The van der Waals surface area contributed by atoms with E-state index in [2.05, 4.69) is 20.6 Å². The largest absolute Gasteiger partial charge is 0.310 e. The van der Waals surface area contributed by atoms with Crippen LogP contribution in [0, 0.1) is 26.7 Å². The number of rotatable bonds is 5. The topological polar surface area (TPSA) is 87.2 Å². The number of carbonyl (C=O) groups is 2. The predicted molar refractivity (Wildman–Crippen MR) is 107 cm³/mol. The van der Waals surface area contributed by atoms with E-state index in [9.17, 15) is 9.59 Å². The molecular weight excluding hydrogens is 362 g/mol. The van der Waals surface area contributed by atoms with Crippen molar-refractivity contribution in [1.29, 1.82) is 0 Å². The molecule has 0 saturated carbocycles. The van der Waals surface area contributed by atoms with Gasteiger partial charge in [0.1, 0.15) is 5.82 Å². The maximum Gasteiger partial charge on any atom is 0.240 e. The van der Waals surface area contributed by atoms with Gasteiger partial charge in [-0.15, -0.1) is 11.3 Å². The van der Waals surface area contributed by atoms with Crippen LogP contribution in [0.3, 0.4) is 0 Å². The van der Waals surface area contributed by atoms with E-state index in [0.717, 1.165) is 35.5 Å². The fraction of sp³-hybridized carbons (Fsp3) is 0.474. The first-order valence-electron chi connectivity index (χ1n) is 9.10. The van der Waals surface area contributed by atoms with Crippen LogP contribution in [0.5, 0.6) is 0 Å². The fourth-order valence-electron chi connectivity index (χ4n) is 3.13. The molecule has 0 radical (unpaired) electrons. The summed E-state index contributed by atoms with van der Waals surface area (Å²) in [7, 11) is 0. The zero-order chi connectivity index (χ0) is 19.4. The van der Waals surface area contributed by atoms with Gasteiger partial charge in [-0.25, -0.2) is 9.97 Å². The van der Waals surface area contributed by atoms with Crippen LogP contribution < -0.4 is 10.6 Å². The van der Waals surface area contributed by atoms with Crippen LogP contribution in [0.4, 0.5) is 10.9 Å². The predicted octanol–water partition coefficient (Wildman–Crippen LogP) is 2.75. The molecule has 3 rings (SSSR count). The van der Waals surface area contributed by atoms with Gasteiger partial charge in [0.25, 0.3) is 0 Å². The third kappa shape index (κ3) is 5.33. The minimum atomic E-state index is -0.141. The molecule has 1 saturated heterocycles. The van der Waals surface area contributed by atoms with E-state index in [1.807, 2.05) is 37.8 Å². The molecule has 2 N–H and O–H groups in total. The Kier molecular flexibility index (Phi) is 6.18. The molecule has 27 heavy (non-hydrogen) atoms. The Balaban J connectivity index is 1.52. The summed E-state index contributed by atoms with van der Waals surface area (Å²) in [5, 5.41) is 6.38. The zero-order valence-corrected chi connectivity index (χ0v) is 16.7. The maximum atomic E-state index is 12.6. The minimum Gasteiger partial charge on any atom is -0.310 e. The van der Waals surface area contributed by atoms with Crippen LogP contribution in [0.1, 0.15) is 29.0 Å². The smallest absolute Gasteiger partial charge is 0.240 e. The summed E-state index contributed by atoms with van der Waals surface area (Å²) in [6.07, 6.45) is 3.40. The number of amides is 2. The van der Waals surface area contributed by atoms with E-state index in [1.165, 1.54) is 11.3 Å². The van der Waals surface area contributed by atoms with Crippen molar-refractivity contribution in [3.8, 4) is 0 Å². The number of piperidine rings is 1. The van der Waals surface area contributed by atoms with E-state index in [4.69, 9.17) is 0 Å². The monoisotopic (exact) mass is 387 g/mol. The fourth-order valence-corrected chi connectivity index (χ4v) is 3.96. The SMILES string of the molecule is Cc1ccnc(NC(=O)C2CCCN(CC(=O)Nc3nc(C)c(C)s3)C2)c1. The van der Waals surface area contributed by atoms with Gasteiger partial charge in [0.05, 0.1) is 18.2 Å². The number of nitrogens with zero attached hydrogens (tertiary/aromatic N) is 3. The average Bonchev–Trinajstić information content (AvgIpc) is 2.92. The molecule has 0 aliphatic carbocycles. The molecule has 1 unspecified atom stereocenters. The van der Waals surface area contributed by atoms with Gasteiger partial charge >= 0.3 is 0 Å². The molecule has 1 aliphatic rings. The molecule has 2 aromatic rings. The highest BCUT2D eigenvalue weighted by Gasteiger charge is 2.27. The Morgan fingerprint density at radius 3 is 2.81 bits per heavy atom. The Morgan fingerprint density at radius 2 is 2.11 bits per heavy atom. The number of pyridine rings is 1. The molecule has 0 bridgehead atoms. The Bertz CT molecular complexity index is 816. The van der Waals surface area contributed by atoms with E-state index < -0.39 is 0 Å². The third-order valence-corrected chi connectivity index (χ3v) is 5.67. The molecule has 1 fully saturated rings. The number of aryl methyl sites for hydroxylation is 3. The number of aromatic nitrogens is 2. The van der Waals surface area contributed by atoms with Crippen LogP contribution in [0.2, 0.25) is 0 Å². The van der Waals surface area contributed by atoms with Crippen molar-refractivity contribution in [1.82, 2.24) is 14.9 Å². The molecular formula is C19H25N5O2S. The van der Waals surface area contributed by atoms with Gasteiger partial charge in [0.15, 0.2) is 5.13 Å². The number of thiazole rings is 1. The lowest BCUT2D eigenvalue weighted by Gasteiger charge is -2.31. The summed E-state index contributed by atoms with van der Waals surface area (Å²) in [4.78, 5) is 36.5. The van der Waals surface area contributed by atoms with E-state index in [1.54, 1.807) is 6.20 Å². The zero-order valence-electron chi connectivity index (χ0n) is 15.9. The number of hydrogen-bond acceptors (Lipinski definition) is 6. The molecule has 0 spiro atoms. The van der Waals surface area contributed by atoms with Crippen LogP contribution in [-0.4, -0.2) is 46.3 Å². The molecule has 3 heterocycles. The lowest BCUT2D eigenvalue weighted by atomic mass is 9.97. The van der Waals surface area contributed by atoms with Gasteiger partial charge in [-0.05, 0) is 57.9 Å². The van der Waals surface area contributed by atoms with E-state index in [-0.39, 0.29) is 24.3 Å². The van der Waals surface area contributed by atoms with Gasteiger partial charge < -0.3 is 10.6 Å². The third-order valence-electron chi connectivity index (χ3n) is 4.69. The maximum absolute atomic E-state index is 12.6. The van der Waals surface area contributed by atoms with E-state index >= 15 is 0 Å². The summed E-state index contributed by atoms with van der Waals surface area (Å²) in [6, 6.07) is 3.74. The molecule has 2 amide bonds. The highest BCUT2D eigenvalue weighted by Crippen LogP contribution is 2.22. The second kappa shape index (κ2) is 8.58. The van der Waals surface area contributed by atoms with Gasteiger partial charge in [-0.2, -0.15) is 0 Å². The van der Waals surface area contributed by atoms with Crippen LogP contribution in [0.25, 0.3) is 0 Å². The highest BCUT2D eigenvalue weighted by molar-refractivity contribution is 7.15. The highest BCUT2D eigenvalue weighted by atomic mass is 32.1. The van der Waals surface area contributed by atoms with Crippen LogP contribution >= 0.6 is 11.3 Å². The quantitative estimate of drug-likeness (QED) is 0.824. The first kappa shape index (κ1) is 19.4. The number of hydrogen-bond donors (Lipinski definition) is 2. The summed E-state index contributed by atoms with van der Waals surface area (Å²) >= 11 is 1.48. The van der Waals surface area contributed by atoms with Crippen molar-refractivity contribution in [3.63, 3.8) is 0 Å². The first-order chi connectivity index (χ1) is 12.9. The van der Waals surface area contributed by atoms with Crippen molar-refractivity contribution in [2.75, 3.05) is 30.3 Å². The molecule has 144 valence electrons. The second-order valence-corrected chi connectivity index (χ2v) is 8.19. The Morgan fingerprint density at radius 1 is 1.30 bits per heavy atom. The van der Waals surface area contributed by atoms with Crippen LogP contribution in [0.15, 0.2) is 18.3 Å². The van der Waals surface area contributed by atoms with Crippen molar-refractivity contribution < 1.29 is 9.59 Å². The van der Waals surface area contributed by atoms with E-state index in [0.29, 0.717) is 17.5 Å². The van der Waals surface area contributed by atoms with Crippen molar-refractivity contribution in [2.45, 2.75) is 33.6 Å². The lowest BCUT2D eigenvalue weighted by Crippen LogP contribution is -2.44. The molecule has 0 aromatic carbocycles. The summed E-state index contributed by atoms with van der Waals surface area (Å²) in [6.45, 7) is 7.53. The second-order valence-electron chi connectivity index (χ2n) is 6.99. The summed E-state index contributed by atoms with van der Waals surface area (Å²) in [5.74, 6) is 0.303. The molecule has 7 nitrogen and oxygen atoms in total. The Hall–Kier alpha value is -2.32. The molecule has 2 aromatic heterocycles. The Labute approximate surface area is 163 Å². The summed E-state index contributed by atoms with van der Waals surface area (Å²) in [5.41, 5.74) is 1.99. The summed E-state index contributed by atoms with van der Waals surface area (Å²) < 4.78 is 0. The standard InChI is InChI=1S/C19H25N5O2S/c1-12-6-7-20-16(9-12)22-18(26)15-5-4-8-24(10-15)11-17(25)23-19-21-13(2)14(3)27-19/h6-7,9,15H,4-5,8,10-11H2,1-3H3,(H,20,22,26)(H,21,23,25). The first-order valence-corrected chi connectivity index (χ1v) is 9.92. The lowest BCUT2D eigenvalue weighted by molar-refractivity contribution is -0.123. The number of anilines is 2. The van der Waals surface area contributed by atoms with Gasteiger partial charge in [-0.1, -0.05) is 0 Å². The number of nitrogens with one attached hydrogen (secondary N) is 2. The normalized spacial score (nSPS) is 17.5. The van der Waals surface area contributed by atoms with Gasteiger partial charge in [0, 0.05) is 17.6 Å². The van der Waals surface area contributed by atoms with Gasteiger partial charge in [-0.3, -0.25) is 14.5 Å². The van der Waals surface area contributed by atoms with Crippen molar-refractivity contribution in [2.24, 2.45) is 5.92 Å². The number of likely N-dealkylation sites (tertiary alicyclic amines) is 1. The van der Waals surface area contributed by atoms with Crippen molar-refractivity contribution >= 4 is 34.1 Å². The minimum absolute atomic E-state index is 0.0376.